The molecule has 0 aromatic heterocycles. The number of nitrogens with one attached hydrogen (secondary N) is 1. The molecule has 0 aliphatic carbocycles. The van der Waals surface area contributed by atoms with Gasteiger partial charge in [0.1, 0.15) is 11.6 Å². The molecule has 1 aromatic carbocycles. The number of ether oxygens (including phenoxy) is 1. The van der Waals surface area contributed by atoms with E-state index in [1.54, 1.807) is 6.21 Å². The summed E-state index contributed by atoms with van der Waals surface area (Å²) in [7, 11) is 0. The van der Waals surface area contributed by atoms with Gasteiger partial charge >= 0.3 is 0 Å². The van der Waals surface area contributed by atoms with Crippen LogP contribution in [0.2, 0.25) is 0 Å². The van der Waals surface area contributed by atoms with Gasteiger partial charge in [0.25, 0.3) is 0 Å². The summed E-state index contributed by atoms with van der Waals surface area (Å²) >= 11 is 0. The fourth-order valence-electron chi connectivity index (χ4n) is 1.81. The van der Waals surface area contributed by atoms with E-state index >= 15 is 0 Å². The van der Waals surface area contributed by atoms with E-state index in [0.29, 0.717) is 18.9 Å². The molecule has 1 N–H and O–H groups in total. The van der Waals surface area contributed by atoms with Crippen molar-refractivity contribution in [2.75, 3.05) is 6.61 Å². The number of benzene rings is 1. The van der Waals surface area contributed by atoms with E-state index in [4.69, 9.17) is 10.1 Å². The number of amidine groups is 1. The summed E-state index contributed by atoms with van der Waals surface area (Å²) < 4.78 is 5.49. The van der Waals surface area contributed by atoms with Crippen molar-refractivity contribution in [2.45, 2.75) is 19.8 Å². The Balaban J connectivity index is 2.22. The highest BCUT2D eigenvalue weighted by atomic mass is 16.5. The highest BCUT2D eigenvalue weighted by Gasteiger charge is 2.06. The molecule has 0 radical (unpaired) electrons. The number of hydrogen-bond acceptors (Lipinski definition) is 2. The summed E-state index contributed by atoms with van der Waals surface area (Å²) in [5.74, 6) is 1.33. The van der Waals surface area contributed by atoms with Crippen molar-refractivity contribution in [1.29, 1.82) is 5.41 Å². The largest absolute Gasteiger partial charge is 0.494 e. The molecule has 0 atom stereocenters. The van der Waals surface area contributed by atoms with Gasteiger partial charge in [-0.25, -0.2) is 4.99 Å². The van der Waals surface area contributed by atoms with Gasteiger partial charge in [-0.15, -0.1) is 0 Å². The van der Waals surface area contributed by atoms with E-state index < -0.39 is 0 Å². The fraction of sp³-hybridized carbons (Fsp3) is 0.286. The second-order valence-corrected chi connectivity index (χ2v) is 3.88. The first kappa shape index (κ1) is 11.6. The third-order valence-electron chi connectivity index (χ3n) is 2.65. The minimum absolute atomic E-state index is 0.442. The third-order valence-corrected chi connectivity index (χ3v) is 2.65. The lowest BCUT2D eigenvalue weighted by Gasteiger charge is -2.08. The lowest BCUT2D eigenvalue weighted by atomic mass is 10.0. The number of rotatable bonds is 3. The van der Waals surface area contributed by atoms with Crippen LogP contribution in [-0.2, 0) is 0 Å². The quantitative estimate of drug-likeness (QED) is 0.847. The molecule has 1 aliphatic rings. The molecule has 3 heteroatoms. The molecule has 0 fully saturated rings. The molecule has 1 aromatic rings. The fourth-order valence-corrected chi connectivity index (χ4v) is 1.81. The zero-order valence-electron chi connectivity index (χ0n) is 9.94. The standard InChI is InChI=1S/C14H16N2O/c1-2-17-13-5-3-4-12(10-13)11-6-7-14(15)16-9-8-11/h3-5,8-10,15H,2,6-7H2,1H3. The van der Waals surface area contributed by atoms with Gasteiger partial charge in [0.2, 0.25) is 0 Å². The van der Waals surface area contributed by atoms with E-state index in [1.165, 1.54) is 5.57 Å². The topological polar surface area (TPSA) is 45.4 Å². The van der Waals surface area contributed by atoms with Crippen LogP contribution in [0.4, 0.5) is 0 Å². The van der Waals surface area contributed by atoms with Crippen molar-refractivity contribution >= 4 is 17.6 Å². The van der Waals surface area contributed by atoms with Gasteiger partial charge in [-0.3, -0.25) is 5.41 Å². The Bertz CT molecular complexity index is 475. The minimum atomic E-state index is 0.442. The molecule has 0 saturated heterocycles. The average molecular weight is 228 g/mol. The molecular weight excluding hydrogens is 212 g/mol. The Hall–Kier alpha value is -1.90. The molecule has 1 heterocycles. The highest BCUT2D eigenvalue weighted by Crippen LogP contribution is 2.24. The summed E-state index contributed by atoms with van der Waals surface area (Å²) in [6.45, 7) is 2.65. The third kappa shape index (κ3) is 3.03. The molecule has 0 amide bonds. The summed E-state index contributed by atoms with van der Waals surface area (Å²) in [6, 6.07) is 8.06. The summed E-state index contributed by atoms with van der Waals surface area (Å²) in [4.78, 5) is 4.01. The van der Waals surface area contributed by atoms with Crippen LogP contribution in [0.25, 0.3) is 5.57 Å². The van der Waals surface area contributed by atoms with Crippen molar-refractivity contribution in [3.8, 4) is 5.75 Å². The van der Waals surface area contributed by atoms with Crippen molar-refractivity contribution in [2.24, 2.45) is 4.99 Å². The van der Waals surface area contributed by atoms with E-state index in [1.807, 2.05) is 31.2 Å². The molecular formula is C14H16N2O. The predicted molar refractivity (Wildman–Crippen MR) is 71.0 cm³/mol. The van der Waals surface area contributed by atoms with E-state index in [-0.39, 0.29) is 0 Å². The average Bonchev–Trinajstić information content (AvgIpc) is 2.55. The molecule has 1 aliphatic heterocycles. The number of nitrogens with zero attached hydrogens (tertiary/aromatic N) is 1. The SMILES string of the molecule is CCOc1cccc(C2=CC=NC(=N)CC2)c1. The molecule has 3 nitrogen and oxygen atoms in total. The summed E-state index contributed by atoms with van der Waals surface area (Å²) in [6.07, 6.45) is 5.24. The Morgan fingerprint density at radius 2 is 2.24 bits per heavy atom. The van der Waals surface area contributed by atoms with Gasteiger partial charge in [0.15, 0.2) is 0 Å². The maximum absolute atomic E-state index is 7.53. The smallest absolute Gasteiger partial charge is 0.120 e. The minimum Gasteiger partial charge on any atom is -0.494 e. The Morgan fingerprint density at radius 3 is 3.06 bits per heavy atom. The first-order valence-corrected chi connectivity index (χ1v) is 5.83. The van der Waals surface area contributed by atoms with Gasteiger partial charge in [0, 0.05) is 12.6 Å². The predicted octanol–water partition coefficient (Wildman–Crippen LogP) is 3.31. The van der Waals surface area contributed by atoms with Gasteiger partial charge in [-0.1, -0.05) is 12.1 Å². The maximum atomic E-state index is 7.53. The van der Waals surface area contributed by atoms with E-state index in [2.05, 4.69) is 11.1 Å². The first-order chi connectivity index (χ1) is 8.29. The second-order valence-electron chi connectivity index (χ2n) is 3.88. The number of hydrogen-bond donors (Lipinski definition) is 1. The summed E-state index contributed by atoms with van der Waals surface area (Å²) in [5, 5.41) is 7.53. The monoisotopic (exact) mass is 228 g/mol. The molecule has 0 unspecified atom stereocenters. The van der Waals surface area contributed by atoms with Crippen LogP contribution in [-0.4, -0.2) is 18.7 Å². The normalized spacial score (nSPS) is 15.4. The van der Waals surface area contributed by atoms with Crippen molar-refractivity contribution in [3.63, 3.8) is 0 Å². The van der Waals surface area contributed by atoms with Gasteiger partial charge in [-0.2, -0.15) is 0 Å². The van der Waals surface area contributed by atoms with E-state index in [0.717, 1.165) is 17.7 Å². The first-order valence-electron chi connectivity index (χ1n) is 5.83. The molecule has 2 rings (SSSR count). The van der Waals surface area contributed by atoms with Crippen molar-refractivity contribution in [3.05, 3.63) is 35.9 Å². The Kier molecular flexibility index (Phi) is 3.70. The Morgan fingerprint density at radius 1 is 1.35 bits per heavy atom. The molecule has 0 spiro atoms. The molecule has 17 heavy (non-hydrogen) atoms. The maximum Gasteiger partial charge on any atom is 0.120 e. The van der Waals surface area contributed by atoms with Gasteiger partial charge < -0.3 is 4.74 Å². The summed E-state index contributed by atoms with van der Waals surface area (Å²) in [5.41, 5.74) is 2.36. The lowest BCUT2D eigenvalue weighted by molar-refractivity contribution is 0.340. The molecule has 88 valence electrons. The van der Waals surface area contributed by atoms with Crippen molar-refractivity contribution < 1.29 is 4.74 Å². The zero-order valence-corrected chi connectivity index (χ0v) is 9.94. The van der Waals surface area contributed by atoms with Crippen LogP contribution in [0.1, 0.15) is 25.3 Å². The van der Waals surface area contributed by atoms with Gasteiger partial charge in [0.05, 0.1) is 6.61 Å². The van der Waals surface area contributed by atoms with Crippen LogP contribution in [0, 0.1) is 5.41 Å². The zero-order chi connectivity index (χ0) is 12.1. The van der Waals surface area contributed by atoms with Crippen LogP contribution >= 0.6 is 0 Å². The lowest BCUT2D eigenvalue weighted by Crippen LogP contribution is -1.93. The number of allylic oxidation sites excluding steroid dienone is 2. The van der Waals surface area contributed by atoms with Crippen LogP contribution in [0.15, 0.2) is 35.3 Å². The van der Waals surface area contributed by atoms with Crippen molar-refractivity contribution in [1.82, 2.24) is 0 Å². The van der Waals surface area contributed by atoms with Crippen LogP contribution < -0.4 is 4.74 Å². The van der Waals surface area contributed by atoms with Crippen LogP contribution in [0.3, 0.4) is 0 Å². The molecule has 0 saturated carbocycles. The molecule has 0 bridgehead atoms. The Labute approximate surface area is 101 Å². The van der Waals surface area contributed by atoms with E-state index in [9.17, 15) is 0 Å². The number of aliphatic imine (C=N–C) groups is 1. The second kappa shape index (κ2) is 5.43. The van der Waals surface area contributed by atoms with Crippen LogP contribution in [0.5, 0.6) is 5.75 Å². The van der Waals surface area contributed by atoms with Gasteiger partial charge in [-0.05, 0) is 42.7 Å². The highest BCUT2D eigenvalue weighted by molar-refractivity contribution is 5.97.